The first-order valence-electron chi connectivity index (χ1n) is 10.4. The number of aromatic carboxylic acids is 1. The fraction of sp³-hybridized carbons (Fsp3) is 0.208. The van der Waals surface area contributed by atoms with Crippen molar-refractivity contribution in [2.75, 3.05) is 4.90 Å². The van der Waals surface area contributed by atoms with Gasteiger partial charge >= 0.3 is 5.97 Å². The molecule has 0 atom stereocenters. The number of hydrogen-bond donors (Lipinski definition) is 3. The quantitative estimate of drug-likeness (QED) is 0.457. The van der Waals surface area contributed by atoms with E-state index in [1.807, 2.05) is 0 Å². The van der Waals surface area contributed by atoms with Crippen molar-refractivity contribution in [1.29, 1.82) is 0 Å². The number of nitrogens with one attached hydrogen (secondary N) is 2. The molecule has 3 N–H and O–H groups in total. The number of aryl methyl sites for hydroxylation is 2. The molecule has 1 aliphatic heterocycles. The highest BCUT2D eigenvalue weighted by Crippen LogP contribution is 2.42. The Kier molecular flexibility index (Phi) is 3.65. The summed E-state index contributed by atoms with van der Waals surface area (Å²) in [6, 6.07) is 10.7. The van der Waals surface area contributed by atoms with Crippen LogP contribution in [-0.4, -0.2) is 32.2 Å². The summed E-state index contributed by atoms with van der Waals surface area (Å²) in [5.41, 5.74) is 9.15. The predicted octanol–water partition coefficient (Wildman–Crippen LogP) is 4.27. The first-order chi connectivity index (χ1) is 15.0. The summed E-state index contributed by atoms with van der Waals surface area (Å²) in [6.07, 6.45) is 3.25. The van der Waals surface area contributed by atoms with Crippen molar-refractivity contribution in [1.82, 2.24) is 15.2 Å². The molecule has 0 saturated carbocycles. The number of carboxylic acid groups (broad SMARTS) is 1. The fourth-order valence-corrected chi connectivity index (χ4v) is 4.99. The molecule has 0 spiro atoms. The third-order valence-corrected chi connectivity index (χ3v) is 6.45. The number of amides is 1. The summed E-state index contributed by atoms with van der Waals surface area (Å²) < 4.78 is 0. The topological polar surface area (TPSA) is 102 Å². The number of aromatic amines is 2. The van der Waals surface area contributed by atoms with Gasteiger partial charge in [-0.2, -0.15) is 5.10 Å². The fourth-order valence-electron chi connectivity index (χ4n) is 4.99. The van der Waals surface area contributed by atoms with Gasteiger partial charge in [-0.15, -0.1) is 0 Å². The standard InChI is InChI=1S/C24H20N4O3/c1-12-16-6-3-7-17-18-11-20-14(9-19(18)25-22(17)23(16)27-26-12)10-21(29)28(20)15-5-2-4-13(8-15)24(30)31/h2,4-5,8-9,11,25H,3,6-7,10H2,1H3,(H,26,27)(H,30,31). The zero-order chi connectivity index (χ0) is 21.3. The van der Waals surface area contributed by atoms with Crippen LogP contribution in [0.15, 0.2) is 36.4 Å². The summed E-state index contributed by atoms with van der Waals surface area (Å²) >= 11 is 0. The Hall–Kier alpha value is -3.87. The molecule has 7 heteroatoms. The van der Waals surface area contributed by atoms with Crippen LogP contribution in [0, 0.1) is 6.92 Å². The molecule has 4 aromatic rings. The maximum absolute atomic E-state index is 12.9. The number of benzene rings is 2. The van der Waals surface area contributed by atoms with E-state index in [4.69, 9.17) is 0 Å². The largest absolute Gasteiger partial charge is 0.478 e. The minimum Gasteiger partial charge on any atom is -0.478 e. The van der Waals surface area contributed by atoms with E-state index in [0.29, 0.717) is 12.1 Å². The molecule has 6 rings (SSSR count). The normalized spacial score (nSPS) is 15.0. The molecule has 7 nitrogen and oxygen atoms in total. The lowest BCUT2D eigenvalue weighted by molar-refractivity contribution is -0.116. The Morgan fingerprint density at radius 2 is 2.00 bits per heavy atom. The average Bonchev–Trinajstić information content (AvgIpc) is 3.35. The molecule has 1 aliphatic carbocycles. The van der Waals surface area contributed by atoms with Crippen molar-refractivity contribution < 1.29 is 14.7 Å². The number of carbonyl (C=O) groups is 2. The Labute approximate surface area is 177 Å². The SMILES string of the molecule is Cc1[nH]nc2c1CCCc1c-2[nH]c2cc3c(cc12)N(c1cccc(C(=O)O)c1)C(=O)C3. The highest BCUT2D eigenvalue weighted by molar-refractivity contribution is 6.10. The number of carbonyl (C=O) groups excluding carboxylic acids is 1. The Morgan fingerprint density at radius 1 is 1.16 bits per heavy atom. The van der Waals surface area contributed by atoms with Gasteiger partial charge in [0.2, 0.25) is 5.91 Å². The van der Waals surface area contributed by atoms with Crippen LogP contribution >= 0.6 is 0 Å². The zero-order valence-electron chi connectivity index (χ0n) is 17.0. The van der Waals surface area contributed by atoms with Crippen molar-refractivity contribution in [2.24, 2.45) is 0 Å². The molecule has 0 unspecified atom stereocenters. The van der Waals surface area contributed by atoms with E-state index in [1.54, 1.807) is 23.1 Å². The minimum absolute atomic E-state index is 0.0542. The Bertz CT molecular complexity index is 1410. The van der Waals surface area contributed by atoms with Gasteiger partial charge in [0.15, 0.2) is 0 Å². The third-order valence-electron chi connectivity index (χ3n) is 6.45. The monoisotopic (exact) mass is 412 g/mol. The molecule has 2 aromatic heterocycles. The van der Waals surface area contributed by atoms with Crippen molar-refractivity contribution in [2.45, 2.75) is 32.6 Å². The number of anilines is 2. The van der Waals surface area contributed by atoms with Gasteiger partial charge in [-0.05, 0) is 67.6 Å². The van der Waals surface area contributed by atoms with Gasteiger partial charge in [0.1, 0.15) is 5.69 Å². The molecule has 0 radical (unpaired) electrons. The van der Waals surface area contributed by atoms with Crippen LogP contribution in [0.25, 0.3) is 22.3 Å². The van der Waals surface area contributed by atoms with E-state index in [-0.39, 0.29) is 11.5 Å². The summed E-state index contributed by atoms with van der Waals surface area (Å²) in [5, 5.41) is 18.1. The molecule has 0 fully saturated rings. The van der Waals surface area contributed by atoms with Crippen molar-refractivity contribution in [3.05, 3.63) is 64.3 Å². The van der Waals surface area contributed by atoms with Crippen LogP contribution < -0.4 is 4.90 Å². The second-order valence-electron chi connectivity index (χ2n) is 8.30. The highest BCUT2D eigenvalue weighted by atomic mass is 16.4. The lowest BCUT2D eigenvalue weighted by Gasteiger charge is -2.18. The van der Waals surface area contributed by atoms with Gasteiger partial charge in [-0.25, -0.2) is 4.79 Å². The van der Waals surface area contributed by atoms with E-state index < -0.39 is 5.97 Å². The van der Waals surface area contributed by atoms with E-state index in [1.165, 1.54) is 17.2 Å². The molecule has 2 aliphatic rings. The summed E-state index contributed by atoms with van der Waals surface area (Å²) in [6.45, 7) is 2.06. The van der Waals surface area contributed by atoms with Gasteiger partial charge in [0.05, 0.1) is 23.4 Å². The Balaban J connectivity index is 1.54. The average molecular weight is 412 g/mol. The van der Waals surface area contributed by atoms with E-state index in [9.17, 15) is 14.7 Å². The first kappa shape index (κ1) is 17.9. The minimum atomic E-state index is -1.01. The maximum atomic E-state index is 12.9. The maximum Gasteiger partial charge on any atom is 0.335 e. The van der Waals surface area contributed by atoms with Gasteiger partial charge < -0.3 is 10.1 Å². The first-order valence-corrected chi connectivity index (χ1v) is 10.4. The van der Waals surface area contributed by atoms with Crippen LogP contribution in [0.4, 0.5) is 11.4 Å². The summed E-state index contributed by atoms with van der Waals surface area (Å²) in [7, 11) is 0. The summed E-state index contributed by atoms with van der Waals surface area (Å²) in [5.74, 6) is -1.06. The van der Waals surface area contributed by atoms with Crippen LogP contribution in [0.1, 0.15) is 39.2 Å². The molecule has 31 heavy (non-hydrogen) atoms. The lowest BCUT2D eigenvalue weighted by Crippen LogP contribution is -2.21. The Morgan fingerprint density at radius 3 is 2.84 bits per heavy atom. The van der Waals surface area contributed by atoms with Crippen LogP contribution in [0.5, 0.6) is 0 Å². The van der Waals surface area contributed by atoms with Crippen LogP contribution in [0.2, 0.25) is 0 Å². The van der Waals surface area contributed by atoms with E-state index in [0.717, 1.165) is 58.5 Å². The molecule has 0 bridgehead atoms. The molecule has 0 saturated heterocycles. The second-order valence-corrected chi connectivity index (χ2v) is 8.30. The zero-order valence-corrected chi connectivity index (χ0v) is 17.0. The molecular weight excluding hydrogens is 392 g/mol. The molecule has 154 valence electrons. The summed E-state index contributed by atoms with van der Waals surface area (Å²) in [4.78, 5) is 29.5. The molecular formula is C24H20N4O3. The highest BCUT2D eigenvalue weighted by Gasteiger charge is 2.31. The number of aromatic nitrogens is 3. The van der Waals surface area contributed by atoms with Gasteiger partial charge in [0, 0.05) is 27.8 Å². The van der Waals surface area contributed by atoms with Crippen molar-refractivity contribution in [3.63, 3.8) is 0 Å². The van der Waals surface area contributed by atoms with Crippen molar-refractivity contribution in [3.8, 4) is 11.4 Å². The van der Waals surface area contributed by atoms with Gasteiger partial charge in [-0.3, -0.25) is 14.8 Å². The number of H-pyrrole nitrogens is 2. The third kappa shape index (κ3) is 2.56. The van der Waals surface area contributed by atoms with E-state index in [2.05, 4.69) is 34.2 Å². The van der Waals surface area contributed by atoms with Crippen LogP contribution in [-0.2, 0) is 24.1 Å². The number of nitrogens with zero attached hydrogens (tertiary/aromatic N) is 2. The van der Waals surface area contributed by atoms with E-state index >= 15 is 0 Å². The number of rotatable bonds is 2. The second kappa shape index (κ2) is 6.31. The van der Waals surface area contributed by atoms with Crippen molar-refractivity contribution >= 4 is 34.2 Å². The molecule has 3 heterocycles. The smallest absolute Gasteiger partial charge is 0.335 e. The number of fused-ring (bicyclic) bond motifs is 6. The molecule has 1 amide bonds. The number of hydrogen-bond acceptors (Lipinski definition) is 3. The number of carboxylic acids is 1. The van der Waals surface area contributed by atoms with Gasteiger partial charge in [0.25, 0.3) is 0 Å². The lowest BCUT2D eigenvalue weighted by atomic mass is 10.0. The van der Waals surface area contributed by atoms with Crippen LogP contribution in [0.3, 0.4) is 0 Å². The predicted molar refractivity (Wildman–Crippen MR) is 117 cm³/mol. The molecule has 2 aromatic carbocycles. The van der Waals surface area contributed by atoms with Gasteiger partial charge in [-0.1, -0.05) is 6.07 Å².